The third kappa shape index (κ3) is 1.95. The summed E-state index contributed by atoms with van der Waals surface area (Å²) in [4.78, 5) is 9.58. The zero-order valence-corrected chi connectivity index (χ0v) is 6.33. The summed E-state index contributed by atoms with van der Waals surface area (Å²) in [6.07, 6.45) is 1.04. The Balaban J connectivity index is 4.08. The molecule has 1 atom stereocenters. The second-order valence-corrected chi connectivity index (χ2v) is 2.34. The Morgan fingerprint density at radius 2 is 2.10 bits per heavy atom. The third-order valence-corrected chi connectivity index (χ3v) is 1.56. The molecule has 4 heteroatoms. The van der Waals surface area contributed by atoms with Gasteiger partial charge in [0.1, 0.15) is 0 Å². The summed E-state index contributed by atoms with van der Waals surface area (Å²) in [5.74, 6) is 0. The number of rotatable bonds is 4. The summed E-state index contributed by atoms with van der Waals surface area (Å²) in [7, 11) is 0. The first-order chi connectivity index (χ1) is 4.56. The van der Waals surface area contributed by atoms with Crippen molar-refractivity contribution in [2.24, 2.45) is 0 Å². The fourth-order valence-corrected chi connectivity index (χ4v) is 0.798. The highest BCUT2D eigenvalue weighted by molar-refractivity contribution is 4.61. The maximum atomic E-state index is 10.2. The van der Waals surface area contributed by atoms with E-state index in [0.717, 1.165) is 0 Å². The summed E-state index contributed by atoms with van der Waals surface area (Å²) in [6.45, 7) is 3.42. The minimum atomic E-state index is -1.69. The molecule has 0 amide bonds. The zero-order chi connectivity index (χ0) is 8.20. The topological polar surface area (TPSA) is 63.4 Å². The van der Waals surface area contributed by atoms with Crippen LogP contribution in [0.3, 0.4) is 0 Å². The van der Waals surface area contributed by atoms with E-state index in [-0.39, 0.29) is 12.8 Å². The van der Waals surface area contributed by atoms with Crippen molar-refractivity contribution in [2.75, 3.05) is 0 Å². The van der Waals surface area contributed by atoms with Gasteiger partial charge in [-0.1, -0.05) is 13.8 Å². The smallest absolute Gasteiger partial charge is 0.322 e. The van der Waals surface area contributed by atoms with Crippen molar-refractivity contribution in [3.05, 3.63) is 10.1 Å². The van der Waals surface area contributed by atoms with Crippen LogP contribution in [0.1, 0.15) is 33.1 Å². The lowest BCUT2D eigenvalue weighted by molar-refractivity contribution is -0.626. The molecular formula is C6H13NO3. The average Bonchev–Trinajstić information content (AvgIpc) is 1.88. The van der Waals surface area contributed by atoms with Crippen LogP contribution in [-0.2, 0) is 0 Å². The normalized spacial score (nSPS) is 16.3. The molecule has 1 unspecified atom stereocenters. The molecule has 0 spiro atoms. The lowest BCUT2D eigenvalue weighted by atomic mass is 10.1. The van der Waals surface area contributed by atoms with Crippen LogP contribution in [0, 0.1) is 10.1 Å². The van der Waals surface area contributed by atoms with Gasteiger partial charge in [-0.15, -0.1) is 0 Å². The van der Waals surface area contributed by atoms with E-state index in [4.69, 9.17) is 0 Å². The van der Waals surface area contributed by atoms with Gasteiger partial charge in [-0.25, -0.2) is 0 Å². The van der Waals surface area contributed by atoms with E-state index in [1.807, 2.05) is 6.92 Å². The van der Waals surface area contributed by atoms with Gasteiger partial charge in [0, 0.05) is 12.8 Å². The van der Waals surface area contributed by atoms with Crippen LogP contribution >= 0.6 is 0 Å². The molecule has 0 aromatic rings. The molecule has 0 fully saturated rings. The predicted octanol–water partition coefficient (Wildman–Crippen LogP) is 1.16. The maximum Gasteiger partial charge on any atom is 0.322 e. The minimum absolute atomic E-state index is 0.174. The van der Waals surface area contributed by atoms with E-state index < -0.39 is 10.6 Å². The van der Waals surface area contributed by atoms with E-state index in [9.17, 15) is 15.2 Å². The van der Waals surface area contributed by atoms with Crippen molar-refractivity contribution >= 4 is 0 Å². The number of hydrogen-bond acceptors (Lipinski definition) is 3. The zero-order valence-electron chi connectivity index (χ0n) is 6.33. The summed E-state index contributed by atoms with van der Waals surface area (Å²) >= 11 is 0. The highest BCUT2D eigenvalue weighted by Crippen LogP contribution is 2.16. The van der Waals surface area contributed by atoms with E-state index in [2.05, 4.69) is 0 Å². The van der Waals surface area contributed by atoms with Crippen molar-refractivity contribution in [3.63, 3.8) is 0 Å². The van der Waals surface area contributed by atoms with Crippen molar-refractivity contribution < 1.29 is 10.0 Å². The van der Waals surface area contributed by atoms with Crippen LogP contribution in [0.5, 0.6) is 0 Å². The van der Waals surface area contributed by atoms with Gasteiger partial charge in [0.2, 0.25) is 0 Å². The van der Waals surface area contributed by atoms with Gasteiger partial charge in [0.15, 0.2) is 0 Å². The Morgan fingerprint density at radius 1 is 1.60 bits per heavy atom. The maximum absolute atomic E-state index is 10.2. The molecular weight excluding hydrogens is 134 g/mol. The van der Waals surface area contributed by atoms with Crippen molar-refractivity contribution in [1.82, 2.24) is 0 Å². The summed E-state index contributed by atoms with van der Waals surface area (Å²) in [6, 6.07) is 0. The largest absolute Gasteiger partial charge is 0.331 e. The summed E-state index contributed by atoms with van der Waals surface area (Å²) in [5, 5.41) is 19.4. The predicted molar refractivity (Wildman–Crippen MR) is 37.1 cm³/mol. The highest BCUT2D eigenvalue weighted by atomic mass is 16.7. The molecule has 0 saturated carbocycles. The van der Waals surface area contributed by atoms with E-state index in [1.165, 1.54) is 0 Å². The van der Waals surface area contributed by atoms with Crippen LogP contribution in [0.25, 0.3) is 0 Å². The Morgan fingerprint density at radius 3 is 2.20 bits per heavy atom. The van der Waals surface area contributed by atoms with Gasteiger partial charge in [0.25, 0.3) is 0 Å². The van der Waals surface area contributed by atoms with Gasteiger partial charge < -0.3 is 5.11 Å². The molecule has 0 aromatic heterocycles. The van der Waals surface area contributed by atoms with E-state index >= 15 is 0 Å². The first-order valence-corrected chi connectivity index (χ1v) is 3.43. The lowest BCUT2D eigenvalue weighted by Gasteiger charge is -2.15. The van der Waals surface area contributed by atoms with Crippen molar-refractivity contribution in [3.8, 4) is 0 Å². The Kier molecular flexibility index (Phi) is 3.28. The first kappa shape index (κ1) is 9.36. The molecule has 0 radical (unpaired) electrons. The van der Waals surface area contributed by atoms with Gasteiger partial charge in [-0.2, -0.15) is 0 Å². The summed E-state index contributed by atoms with van der Waals surface area (Å²) in [5.41, 5.74) is -1.69. The lowest BCUT2D eigenvalue weighted by Crippen LogP contribution is -2.36. The Bertz CT molecular complexity index is 126. The molecule has 0 bridgehead atoms. The molecule has 0 aromatic carbocycles. The SMILES string of the molecule is CCCC(O)(CC)[N+](=O)[O-]. The fourth-order valence-electron chi connectivity index (χ4n) is 0.798. The van der Waals surface area contributed by atoms with Crippen molar-refractivity contribution in [1.29, 1.82) is 0 Å². The molecule has 0 heterocycles. The molecule has 0 aliphatic heterocycles. The molecule has 0 aliphatic carbocycles. The van der Waals surface area contributed by atoms with Crippen LogP contribution in [0.15, 0.2) is 0 Å². The third-order valence-electron chi connectivity index (χ3n) is 1.56. The van der Waals surface area contributed by atoms with E-state index in [0.29, 0.717) is 6.42 Å². The minimum Gasteiger partial charge on any atom is -0.331 e. The molecule has 0 aliphatic rings. The number of hydrogen-bond donors (Lipinski definition) is 1. The Labute approximate surface area is 60.0 Å². The number of aliphatic hydroxyl groups is 1. The molecule has 10 heavy (non-hydrogen) atoms. The molecule has 4 nitrogen and oxygen atoms in total. The second-order valence-electron chi connectivity index (χ2n) is 2.34. The van der Waals surface area contributed by atoms with Crippen LogP contribution in [-0.4, -0.2) is 15.8 Å². The quantitative estimate of drug-likeness (QED) is 0.368. The average molecular weight is 147 g/mol. The molecule has 60 valence electrons. The van der Waals surface area contributed by atoms with E-state index in [1.54, 1.807) is 6.92 Å². The second kappa shape index (κ2) is 3.51. The molecule has 0 saturated heterocycles. The van der Waals surface area contributed by atoms with Crippen LogP contribution < -0.4 is 0 Å². The van der Waals surface area contributed by atoms with Crippen LogP contribution in [0.4, 0.5) is 0 Å². The van der Waals surface area contributed by atoms with Gasteiger partial charge >= 0.3 is 5.72 Å². The van der Waals surface area contributed by atoms with Crippen molar-refractivity contribution in [2.45, 2.75) is 38.8 Å². The first-order valence-electron chi connectivity index (χ1n) is 3.43. The van der Waals surface area contributed by atoms with Gasteiger partial charge in [0.05, 0.1) is 4.92 Å². The number of nitro groups is 1. The van der Waals surface area contributed by atoms with Gasteiger partial charge in [-0.3, -0.25) is 10.1 Å². The summed E-state index contributed by atoms with van der Waals surface area (Å²) < 4.78 is 0. The Hall–Kier alpha value is -0.640. The standard InChI is InChI=1S/C6H13NO3/c1-3-5-6(8,4-2)7(9)10/h8H,3-5H2,1-2H3. The van der Waals surface area contributed by atoms with Crippen LogP contribution in [0.2, 0.25) is 0 Å². The molecule has 0 rings (SSSR count). The number of nitrogens with zero attached hydrogens (tertiary/aromatic N) is 1. The monoisotopic (exact) mass is 147 g/mol. The fraction of sp³-hybridized carbons (Fsp3) is 1.00. The molecule has 1 N–H and O–H groups in total. The highest BCUT2D eigenvalue weighted by Gasteiger charge is 2.36. The van der Waals surface area contributed by atoms with Gasteiger partial charge in [-0.05, 0) is 6.42 Å².